The second-order valence-corrected chi connectivity index (χ2v) is 4.58. The zero-order valence-electron chi connectivity index (χ0n) is 11.6. The van der Waals surface area contributed by atoms with Crippen molar-refractivity contribution in [3.05, 3.63) is 35.4 Å². The summed E-state index contributed by atoms with van der Waals surface area (Å²) in [6.45, 7) is 4.27. The molecular formula is C14H23IN4. The van der Waals surface area contributed by atoms with Gasteiger partial charge < -0.3 is 10.6 Å². The third-order valence-corrected chi connectivity index (χ3v) is 3.31. The van der Waals surface area contributed by atoms with Crippen LogP contribution < -0.4 is 10.6 Å². The Morgan fingerprint density at radius 1 is 1.26 bits per heavy atom. The Morgan fingerprint density at radius 3 is 2.42 bits per heavy atom. The SMILES string of the molecule is CN=C(NC)NCCCN1Cc2ccccc2C1.I. The van der Waals surface area contributed by atoms with E-state index in [0.29, 0.717) is 0 Å². The molecule has 0 aliphatic carbocycles. The van der Waals surface area contributed by atoms with E-state index in [1.165, 1.54) is 11.1 Å². The first-order chi connectivity index (χ1) is 8.83. The van der Waals surface area contributed by atoms with Crippen LogP contribution in [0, 0.1) is 0 Å². The molecule has 2 N–H and O–H groups in total. The zero-order chi connectivity index (χ0) is 12.8. The van der Waals surface area contributed by atoms with E-state index in [-0.39, 0.29) is 24.0 Å². The van der Waals surface area contributed by atoms with Gasteiger partial charge >= 0.3 is 0 Å². The molecule has 1 aliphatic rings. The maximum atomic E-state index is 4.09. The van der Waals surface area contributed by atoms with Crippen LogP contribution in [0.3, 0.4) is 0 Å². The Bertz CT molecular complexity index is 395. The quantitative estimate of drug-likeness (QED) is 0.366. The molecule has 0 saturated carbocycles. The summed E-state index contributed by atoms with van der Waals surface area (Å²) >= 11 is 0. The number of nitrogens with one attached hydrogen (secondary N) is 2. The topological polar surface area (TPSA) is 39.7 Å². The number of hydrogen-bond acceptors (Lipinski definition) is 2. The smallest absolute Gasteiger partial charge is 0.190 e. The van der Waals surface area contributed by atoms with Crippen LogP contribution in [0.25, 0.3) is 0 Å². The lowest BCUT2D eigenvalue weighted by Crippen LogP contribution is -2.36. The summed E-state index contributed by atoms with van der Waals surface area (Å²) in [4.78, 5) is 6.58. The molecule has 4 nitrogen and oxygen atoms in total. The fraction of sp³-hybridized carbons (Fsp3) is 0.500. The van der Waals surface area contributed by atoms with Gasteiger partial charge in [0.2, 0.25) is 0 Å². The molecule has 1 aromatic carbocycles. The number of nitrogens with zero attached hydrogens (tertiary/aromatic N) is 2. The second-order valence-electron chi connectivity index (χ2n) is 4.58. The molecule has 1 aliphatic heterocycles. The fourth-order valence-corrected chi connectivity index (χ4v) is 2.35. The summed E-state index contributed by atoms with van der Waals surface area (Å²) in [5, 5.41) is 6.30. The Hall–Kier alpha value is -0.820. The minimum atomic E-state index is 0. The van der Waals surface area contributed by atoms with Crippen LogP contribution in [0.4, 0.5) is 0 Å². The monoisotopic (exact) mass is 374 g/mol. The highest BCUT2D eigenvalue weighted by atomic mass is 127. The Kier molecular flexibility index (Phi) is 7.15. The molecule has 0 radical (unpaired) electrons. The third-order valence-electron chi connectivity index (χ3n) is 3.31. The van der Waals surface area contributed by atoms with Crippen molar-refractivity contribution in [3.8, 4) is 0 Å². The second kappa shape index (κ2) is 8.37. The van der Waals surface area contributed by atoms with Crippen molar-refractivity contribution in [1.82, 2.24) is 15.5 Å². The standard InChI is InChI=1S/C14H22N4.HI/c1-15-14(16-2)17-8-5-9-18-10-12-6-3-4-7-13(12)11-18;/h3-4,6-7H,5,8-11H2,1-2H3,(H2,15,16,17);1H. The average molecular weight is 374 g/mol. The van der Waals surface area contributed by atoms with Gasteiger partial charge in [0.05, 0.1) is 0 Å². The number of benzene rings is 1. The van der Waals surface area contributed by atoms with Gasteiger partial charge in [0, 0.05) is 40.3 Å². The molecule has 1 aromatic rings. The molecule has 0 spiro atoms. The molecular weight excluding hydrogens is 351 g/mol. The number of rotatable bonds is 4. The molecule has 2 rings (SSSR count). The largest absolute Gasteiger partial charge is 0.359 e. The number of halogens is 1. The molecule has 1 heterocycles. The van der Waals surface area contributed by atoms with E-state index in [9.17, 15) is 0 Å². The van der Waals surface area contributed by atoms with Crippen LogP contribution in [-0.4, -0.2) is 38.0 Å². The van der Waals surface area contributed by atoms with Crippen LogP contribution >= 0.6 is 24.0 Å². The van der Waals surface area contributed by atoms with Gasteiger partial charge in [-0.05, 0) is 17.5 Å². The minimum Gasteiger partial charge on any atom is -0.359 e. The number of hydrogen-bond donors (Lipinski definition) is 2. The van der Waals surface area contributed by atoms with Gasteiger partial charge in [0.1, 0.15) is 0 Å². The summed E-state index contributed by atoms with van der Waals surface area (Å²) in [6, 6.07) is 8.72. The predicted octanol–water partition coefficient (Wildman–Crippen LogP) is 1.81. The zero-order valence-corrected chi connectivity index (χ0v) is 14.0. The highest BCUT2D eigenvalue weighted by molar-refractivity contribution is 14.0. The summed E-state index contributed by atoms with van der Waals surface area (Å²) in [6.07, 6.45) is 1.13. The predicted molar refractivity (Wildman–Crippen MR) is 91.0 cm³/mol. The van der Waals surface area contributed by atoms with Crippen molar-refractivity contribution in [3.63, 3.8) is 0 Å². The normalized spacial score (nSPS) is 14.7. The molecule has 0 aromatic heterocycles. The summed E-state index contributed by atoms with van der Waals surface area (Å²) in [7, 11) is 3.67. The molecule has 106 valence electrons. The van der Waals surface area contributed by atoms with Crippen LogP contribution in [0.2, 0.25) is 0 Å². The first-order valence-electron chi connectivity index (χ1n) is 6.51. The van der Waals surface area contributed by atoms with Gasteiger partial charge in [-0.1, -0.05) is 24.3 Å². The maximum Gasteiger partial charge on any atom is 0.190 e. The molecule has 0 fully saturated rings. The minimum absolute atomic E-state index is 0. The lowest BCUT2D eigenvalue weighted by Gasteiger charge is -2.15. The van der Waals surface area contributed by atoms with Gasteiger partial charge in [-0.25, -0.2) is 0 Å². The summed E-state index contributed by atoms with van der Waals surface area (Å²) < 4.78 is 0. The molecule has 0 amide bonds. The van der Waals surface area contributed by atoms with Crippen molar-refractivity contribution in [1.29, 1.82) is 0 Å². The van der Waals surface area contributed by atoms with Gasteiger partial charge in [0.25, 0.3) is 0 Å². The van der Waals surface area contributed by atoms with E-state index in [1.807, 2.05) is 7.05 Å². The first-order valence-corrected chi connectivity index (χ1v) is 6.51. The van der Waals surface area contributed by atoms with Crippen molar-refractivity contribution >= 4 is 29.9 Å². The fourth-order valence-electron chi connectivity index (χ4n) is 2.35. The molecule has 0 bridgehead atoms. The Labute approximate surface area is 132 Å². The molecule has 0 saturated heterocycles. The van der Waals surface area contributed by atoms with Crippen molar-refractivity contribution in [2.24, 2.45) is 4.99 Å². The molecule has 0 unspecified atom stereocenters. The maximum absolute atomic E-state index is 4.09. The summed E-state index contributed by atoms with van der Waals surface area (Å²) in [5.74, 6) is 0.861. The van der Waals surface area contributed by atoms with Gasteiger partial charge in [-0.2, -0.15) is 0 Å². The van der Waals surface area contributed by atoms with Crippen LogP contribution in [0.1, 0.15) is 17.5 Å². The van der Waals surface area contributed by atoms with Crippen LogP contribution in [0.5, 0.6) is 0 Å². The van der Waals surface area contributed by atoms with Crippen molar-refractivity contribution in [2.75, 3.05) is 27.2 Å². The lowest BCUT2D eigenvalue weighted by atomic mass is 10.1. The highest BCUT2D eigenvalue weighted by Gasteiger charge is 2.16. The Balaban J connectivity index is 0.00000180. The van der Waals surface area contributed by atoms with Gasteiger partial charge in [-0.15, -0.1) is 24.0 Å². The van der Waals surface area contributed by atoms with E-state index in [1.54, 1.807) is 7.05 Å². The van der Waals surface area contributed by atoms with E-state index in [2.05, 4.69) is 44.8 Å². The number of guanidine groups is 1. The molecule has 19 heavy (non-hydrogen) atoms. The van der Waals surface area contributed by atoms with Crippen molar-refractivity contribution in [2.45, 2.75) is 19.5 Å². The first kappa shape index (κ1) is 16.2. The summed E-state index contributed by atoms with van der Waals surface area (Å²) in [5.41, 5.74) is 2.97. The van der Waals surface area contributed by atoms with Gasteiger partial charge in [-0.3, -0.25) is 9.89 Å². The van der Waals surface area contributed by atoms with Crippen LogP contribution in [0.15, 0.2) is 29.3 Å². The highest BCUT2D eigenvalue weighted by Crippen LogP contribution is 2.21. The van der Waals surface area contributed by atoms with Crippen LogP contribution in [-0.2, 0) is 13.1 Å². The average Bonchev–Trinajstić information content (AvgIpc) is 2.81. The number of fused-ring (bicyclic) bond motifs is 1. The van der Waals surface area contributed by atoms with E-state index < -0.39 is 0 Å². The van der Waals surface area contributed by atoms with E-state index >= 15 is 0 Å². The number of aliphatic imine (C=N–C) groups is 1. The van der Waals surface area contributed by atoms with Crippen molar-refractivity contribution < 1.29 is 0 Å². The van der Waals surface area contributed by atoms with Gasteiger partial charge in [0.15, 0.2) is 5.96 Å². The van der Waals surface area contributed by atoms with E-state index in [4.69, 9.17) is 0 Å². The van der Waals surface area contributed by atoms with E-state index in [0.717, 1.165) is 38.6 Å². The third kappa shape index (κ3) is 4.65. The molecule has 5 heteroatoms. The lowest BCUT2D eigenvalue weighted by molar-refractivity contribution is 0.281. The Morgan fingerprint density at radius 2 is 1.89 bits per heavy atom. The molecule has 0 atom stereocenters.